The van der Waals surface area contributed by atoms with E-state index in [2.05, 4.69) is 15.4 Å². The molecule has 13 heteroatoms. The smallest absolute Gasteiger partial charge is 0.408 e. The van der Waals surface area contributed by atoms with Gasteiger partial charge in [0, 0.05) is 22.9 Å². The first-order valence-electron chi connectivity index (χ1n) is 12.8. The van der Waals surface area contributed by atoms with Crippen LogP contribution < -0.4 is 10.6 Å². The van der Waals surface area contributed by atoms with E-state index in [1.807, 2.05) is 0 Å². The second-order valence-corrected chi connectivity index (χ2v) is 11.9. The van der Waals surface area contributed by atoms with Gasteiger partial charge in [-0.1, -0.05) is 62.3 Å². The monoisotopic (exact) mass is 654 g/mol. The van der Waals surface area contributed by atoms with Gasteiger partial charge in [-0.15, -0.1) is 0 Å². The minimum Gasteiger partial charge on any atom is -0.480 e. The molecule has 2 aromatic rings. The van der Waals surface area contributed by atoms with Gasteiger partial charge in [0.25, 0.3) is 5.78 Å². The first-order valence-corrected chi connectivity index (χ1v) is 13.6. The first-order chi connectivity index (χ1) is 19.4. The SMILES string of the molecule is C.C.CC(C)(C)OC(=O)N[C@@H](Cc1ccc(Cl)cc1)C(=O)C=[N+]=[N-].CC(C)(C)OC(=O)N[C@@H](Cc1ccc(Cl)cc1)C(=O)O. The molecule has 0 aliphatic heterocycles. The standard InChI is InChI=1S/C15H18ClN3O3.C14H18ClNO4.2CH4/c1-15(2,3)22-14(21)19-12(13(20)9-18-17)8-10-4-6-11(16)7-5-10;1-14(2,3)20-13(19)16-11(12(17)18)8-9-4-6-10(15)7-5-9;;/h4-7,9,12H,8H2,1-3H3,(H,19,21);4-7,11H,8H2,1-3H3,(H,16,19)(H,17,18);2*1H4/t12-;11-;;/m00../s1. The summed E-state index contributed by atoms with van der Waals surface area (Å²) in [5, 5.41) is 15.1. The molecule has 0 aromatic heterocycles. The van der Waals surface area contributed by atoms with Crippen LogP contribution in [0.5, 0.6) is 0 Å². The lowest BCUT2D eigenvalue weighted by Gasteiger charge is -2.22. The molecule has 11 nitrogen and oxygen atoms in total. The Bertz CT molecular complexity index is 1270. The van der Waals surface area contributed by atoms with E-state index in [1.165, 1.54) is 0 Å². The summed E-state index contributed by atoms with van der Waals surface area (Å²) in [4.78, 5) is 49.2. The summed E-state index contributed by atoms with van der Waals surface area (Å²) in [6.45, 7) is 10.3. The molecule has 0 fully saturated rings. The topological polar surface area (TPSA) is 167 Å². The molecule has 2 aromatic carbocycles. The first kappa shape index (κ1) is 42.2. The second-order valence-electron chi connectivity index (χ2n) is 11.0. The highest BCUT2D eigenvalue weighted by atomic mass is 35.5. The minimum atomic E-state index is -1.12. The number of nitrogens with one attached hydrogen (secondary N) is 2. The third-order valence-corrected chi connectivity index (χ3v) is 5.42. The van der Waals surface area contributed by atoms with E-state index in [1.54, 1.807) is 90.1 Å². The van der Waals surface area contributed by atoms with Crippen LogP contribution in [-0.2, 0) is 31.9 Å². The fourth-order valence-electron chi connectivity index (χ4n) is 3.18. The van der Waals surface area contributed by atoms with Gasteiger partial charge in [-0.3, -0.25) is 4.79 Å². The van der Waals surface area contributed by atoms with Crippen molar-refractivity contribution in [1.29, 1.82) is 0 Å². The Hall–Kier alpha value is -3.92. The number of nitrogens with zero attached hydrogens (tertiary/aromatic N) is 2. The van der Waals surface area contributed by atoms with Crippen LogP contribution in [0.3, 0.4) is 0 Å². The largest absolute Gasteiger partial charge is 0.480 e. The number of hydrogen-bond donors (Lipinski definition) is 3. The van der Waals surface area contributed by atoms with Gasteiger partial charge in [0.1, 0.15) is 23.3 Å². The quantitative estimate of drug-likeness (QED) is 0.152. The maximum atomic E-state index is 11.9. The highest BCUT2D eigenvalue weighted by Gasteiger charge is 2.26. The van der Waals surface area contributed by atoms with Gasteiger partial charge >= 0.3 is 24.4 Å². The lowest BCUT2D eigenvalue weighted by Crippen LogP contribution is -2.45. The number of alkyl carbamates (subject to hydrolysis) is 2. The van der Waals surface area contributed by atoms with Crippen LogP contribution in [-0.4, -0.2) is 63.3 Å². The average Bonchev–Trinajstić information content (AvgIpc) is 2.84. The van der Waals surface area contributed by atoms with Crippen molar-refractivity contribution >= 4 is 53.4 Å². The molecule has 0 spiro atoms. The molecule has 0 bridgehead atoms. The Morgan fingerprint density at radius 2 is 1.11 bits per heavy atom. The fraction of sp³-hybridized carbons (Fsp3) is 0.452. The van der Waals surface area contributed by atoms with Crippen molar-refractivity contribution in [3.05, 3.63) is 75.2 Å². The van der Waals surface area contributed by atoms with Gasteiger partial charge in [-0.2, -0.15) is 4.79 Å². The number of carboxylic acids is 1. The number of halogens is 2. The van der Waals surface area contributed by atoms with Crippen LogP contribution in [0.15, 0.2) is 48.5 Å². The van der Waals surface area contributed by atoms with Gasteiger partial charge < -0.3 is 30.7 Å². The van der Waals surface area contributed by atoms with E-state index < -0.39 is 47.2 Å². The zero-order valence-corrected chi connectivity index (χ0v) is 25.8. The lowest BCUT2D eigenvalue weighted by molar-refractivity contribution is -0.139. The molecule has 2 atom stereocenters. The number of carbonyl (C=O) groups is 4. The van der Waals surface area contributed by atoms with Crippen molar-refractivity contribution in [3.8, 4) is 0 Å². The average molecular weight is 656 g/mol. The summed E-state index contributed by atoms with van der Waals surface area (Å²) in [7, 11) is 0. The Morgan fingerprint density at radius 3 is 1.43 bits per heavy atom. The Balaban J connectivity index is 0. The highest BCUT2D eigenvalue weighted by molar-refractivity contribution is 6.31. The van der Waals surface area contributed by atoms with Crippen LogP contribution in [0.25, 0.3) is 5.53 Å². The normalized spacial score (nSPS) is 11.7. The Labute approximate surface area is 269 Å². The molecule has 44 heavy (non-hydrogen) atoms. The third kappa shape index (κ3) is 18.6. The van der Waals surface area contributed by atoms with Gasteiger partial charge in [0.15, 0.2) is 0 Å². The molecule has 0 radical (unpaired) electrons. The van der Waals surface area contributed by atoms with Gasteiger partial charge in [0.05, 0.1) is 0 Å². The van der Waals surface area contributed by atoms with E-state index in [9.17, 15) is 19.2 Å². The zero-order chi connectivity index (χ0) is 32.1. The van der Waals surface area contributed by atoms with E-state index in [4.69, 9.17) is 43.3 Å². The maximum Gasteiger partial charge on any atom is 0.408 e. The van der Waals surface area contributed by atoms with Crippen molar-refractivity contribution in [2.75, 3.05) is 0 Å². The van der Waals surface area contributed by atoms with E-state index in [0.717, 1.165) is 17.3 Å². The predicted octanol–water partition coefficient (Wildman–Crippen LogP) is 6.78. The maximum absolute atomic E-state index is 11.9. The van der Waals surface area contributed by atoms with Crippen LogP contribution >= 0.6 is 23.2 Å². The van der Waals surface area contributed by atoms with Crippen molar-refractivity contribution < 1.29 is 38.5 Å². The predicted molar refractivity (Wildman–Crippen MR) is 172 cm³/mol. The summed E-state index contributed by atoms with van der Waals surface area (Å²) in [6, 6.07) is 11.7. The van der Waals surface area contributed by atoms with E-state index >= 15 is 0 Å². The van der Waals surface area contributed by atoms with Crippen molar-refractivity contribution in [2.24, 2.45) is 0 Å². The molecule has 2 rings (SSSR count). The Morgan fingerprint density at radius 1 is 0.773 bits per heavy atom. The number of hydrogen-bond acceptors (Lipinski definition) is 6. The van der Waals surface area contributed by atoms with Crippen molar-refractivity contribution in [1.82, 2.24) is 10.6 Å². The number of carbonyl (C=O) groups excluding carboxylic acids is 3. The van der Waals surface area contributed by atoms with Crippen LogP contribution in [0.4, 0.5) is 9.59 Å². The van der Waals surface area contributed by atoms with E-state index in [0.29, 0.717) is 10.0 Å². The summed E-state index contributed by atoms with van der Waals surface area (Å²) >= 11 is 11.6. The highest BCUT2D eigenvalue weighted by Crippen LogP contribution is 2.14. The number of aliphatic carboxylic acids is 1. The molecule has 0 heterocycles. The molecular formula is C31H44Cl2N4O7. The van der Waals surface area contributed by atoms with Gasteiger partial charge in [-0.05, 0) is 76.9 Å². The molecule has 3 N–H and O–H groups in total. The molecule has 0 saturated heterocycles. The summed E-state index contributed by atoms with van der Waals surface area (Å²) in [5.74, 6) is -1.66. The molecule has 0 aliphatic carbocycles. The van der Waals surface area contributed by atoms with Gasteiger partial charge in [-0.25, -0.2) is 14.4 Å². The summed E-state index contributed by atoms with van der Waals surface area (Å²) in [5.41, 5.74) is 8.70. The number of Topliss-reactive ketones (excluding diaryl/α,β-unsaturated/α-hetero) is 1. The van der Waals surface area contributed by atoms with Crippen molar-refractivity contribution in [3.63, 3.8) is 0 Å². The number of ketones is 1. The second kappa shape index (κ2) is 19.4. The minimum absolute atomic E-state index is 0. The van der Waals surface area contributed by atoms with Crippen LogP contribution in [0, 0.1) is 0 Å². The van der Waals surface area contributed by atoms with E-state index in [-0.39, 0.29) is 27.7 Å². The Kier molecular flexibility index (Phi) is 18.6. The number of rotatable bonds is 9. The lowest BCUT2D eigenvalue weighted by atomic mass is 10.0. The van der Waals surface area contributed by atoms with Crippen LogP contribution in [0.1, 0.15) is 67.5 Å². The molecular weight excluding hydrogens is 611 g/mol. The van der Waals surface area contributed by atoms with Gasteiger partial charge in [0.2, 0.25) is 0 Å². The molecule has 0 unspecified atom stereocenters. The summed E-state index contributed by atoms with van der Waals surface area (Å²) in [6.07, 6.45) is -0.338. The fourth-order valence-corrected chi connectivity index (χ4v) is 3.43. The molecule has 244 valence electrons. The number of ether oxygens (including phenoxy) is 2. The van der Waals surface area contributed by atoms with Crippen LogP contribution in [0.2, 0.25) is 10.0 Å². The zero-order valence-electron chi connectivity index (χ0n) is 24.3. The van der Waals surface area contributed by atoms with Crippen molar-refractivity contribution in [2.45, 2.75) is 92.5 Å². The summed E-state index contributed by atoms with van der Waals surface area (Å²) < 4.78 is 10.2. The number of amides is 2. The number of carboxylic acid groups (broad SMARTS) is 1. The third-order valence-electron chi connectivity index (χ3n) is 4.91. The number of benzene rings is 2. The molecule has 2 amide bonds. The molecule has 0 aliphatic rings. The molecule has 0 saturated carbocycles.